The van der Waals surface area contributed by atoms with Gasteiger partial charge in [-0.3, -0.25) is 0 Å². The molecule has 0 aliphatic carbocycles. The zero-order valence-electron chi connectivity index (χ0n) is 7.39. The molecule has 1 aromatic heterocycles. The Morgan fingerprint density at radius 1 is 1.62 bits per heavy atom. The molecule has 1 saturated heterocycles. The van der Waals surface area contributed by atoms with Gasteiger partial charge in [0.1, 0.15) is 0 Å². The number of hydrogen-bond donors (Lipinski definition) is 1. The Morgan fingerprint density at radius 2 is 2.54 bits per heavy atom. The molecule has 1 atom stereocenters. The maximum Gasteiger partial charge on any atom is 0.228 e. The molecule has 2 rings (SSSR count). The average Bonchev–Trinajstić information content (AvgIpc) is 2.71. The van der Waals surface area contributed by atoms with Crippen molar-refractivity contribution in [3.05, 3.63) is 0 Å². The van der Waals surface area contributed by atoms with E-state index >= 15 is 0 Å². The maximum atomic E-state index is 5.55. The van der Waals surface area contributed by atoms with Gasteiger partial charge in [0.25, 0.3) is 0 Å². The van der Waals surface area contributed by atoms with Crippen molar-refractivity contribution in [1.82, 2.24) is 14.8 Å². The minimum Gasteiger partial charge on any atom is -0.342 e. The third kappa shape index (κ3) is 1.78. The van der Waals surface area contributed by atoms with Crippen LogP contribution >= 0.6 is 11.5 Å². The summed E-state index contributed by atoms with van der Waals surface area (Å²) in [6, 6.07) is 0.555. The van der Waals surface area contributed by atoms with Gasteiger partial charge in [0, 0.05) is 24.1 Å². The minimum absolute atomic E-state index is 0.555. The van der Waals surface area contributed by atoms with Gasteiger partial charge < -0.3 is 10.6 Å². The molecule has 2 N–H and O–H groups in total. The van der Waals surface area contributed by atoms with E-state index in [0.717, 1.165) is 24.6 Å². The molecule has 6 heteroatoms. The summed E-state index contributed by atoms with van der Waals surface area (Å²) in [4.78, 5) is 2.28. The van der Waals surface area contributed by atoms with E-state index in [1.54, 1.807) is 0 Å². The molecule has 1 aromatic rings. The van der Waals surface area contributed by atoms with Crippen LogP contribution in [0.1, 0.15) is 19.3 Å². The molecule has 2 heterocycles. The highest BCUT2D eigenvalue weighted by atomic mass is 32.1. The van der Waals surface area contributed by atoms with Crippen molar-refractivity contribution in [2.45, 2.75) is 25.3 Å². The highest BCUT2D eigenvalue weighted by molar-refractivity contribution is 7.09. The van der Waals surface area contributed by atoms with Gasteiger partial charge in [-0.05, 0) is 31.0 Å². The van der Waals surface area contributed by atoms with Gasteiger partial charge in [-0.1, -0.05) is 9.59 Å². The largest absolute Gasteiger partial charge is 0.342 e. The van der Waals surface area contributed by atoms with Crippen molar-refractivity contribution < 1.29 is 0 Å². The zero-order valence-corrected chi connectivity index (χ0v) is 8.20. The molecular formula is C7H13N5S. The fraction of sp³-hybridized carbons (Fsp3) is 0.857. The molecule has 13 heavy (non-hydrogen) atoms. The van der Waals surface area contributed by atoms with E-state index in [0.29, 0.717) is 6.04 Å². The first-order valence-corrected chi connectivity index (χ1v) is 5.31. The van der Waals surface area contributed by atoms with Crippen molar-refractivity contribution in [3.63, 3.8) is 0 Å². The quantitative estimate of drug-likeness (QED) is 0.755. The van der Waals surface area contributed by atoms with Gasteiger partial charge in [-0.2, -0.15) is 0 Å². The standard InChI is InChI=1S/C7H13N5S/c8-4-3-6-2-1-5-12(6)7-9-10-11-13-7/h6H,1-5,8H2. The lowest BCUT2D eigenvalue weighted by atomic mass is 10.1. The van der Waals surface area contributed by atoms with Gasteiger partial charge in [0.05, 0.1) is 0 Å². The van der Waals surface area contributed by atoms with Gasteiger partial charge in [0.15, 0.2) is 0 Å². The molecule has 0 bridgehead atoms. The lowest BCUT2D eigenvalue weighted by Gasteiger charge is -2.22. The SMILES string of the molecule is NCCC1CCCN1c1nnns1. The second-order valence-corrected chi connectivity index (χ2v) is 3.92. The maximum absolute atomic E-state index is 5.55. The first-order valence-electron chi connectivity index (χ1n) is 4.53. The number of nitrogens with two attached hydrogens (primary N) is 1. The van der Waals surface area contributed by atoms with Crippen LogP contribution in [0.4, 0.5) is 5.13 Å². The smallest absolute Gasteiger partial charge is 0.228 e. The molecule has 0 radical (unpaired) electrons. The third-order valence-electron chi connectivity index (χ3n) is 2.41. The van der Waals surface area contributed by atoms with Crippen molar-refractivity contribution in [2.24, 2.45) is 5.73 Å². The molecule has 72 valence electrons. The number of aromatic nitrogens is 3. The Hall–Kier alpha value is -0.750. The van der Waals surface area contributed by atoms with Crippen LogP contribution in [-0.2, 0) is 0 Å². The van der Waals surface area contributed by atoms with E-state index in [-0.39, 0.29) is 0 Å². The van der Waals surface area contributed by atoms with E-state index in [4.69, 9.17) is 5.73 Å². The van der Waals surface area contributed by atoms with Crippen LogP contribution in [0.15, 0.2) is 0 Å². The highest BCUT2D eigenvalue weighted by Gasteiger charge is 2.26. The van der Waals surface area contributed by atoms with Crippen LogP contribution < -0.4 is 10.6 Å². The molecule has 5 nitrogen and oxygen atoms in total. The Morgan fingerprint density at radius 3 is 3.23 bits per heavy atom. The lowest BCUT2D eigenvalue weighted by Crippen LogP contribution is -2.30. The molecule has 0 spiro atoms. The van der Waals surface area contributed by atoms with E-state index in [1.165, 1.54) is 24.4 Å². The molecule has 1 fully saturated rings. The van der Waals surface area contributed by atoms with Crippen molar-refractivity contribution in [3.8, 4) is 0 Å². The Labute approximate surface area is 81.1 Å². The summed E-state index contributed by atoms with van der Waals surface area (Å²) in [7, 11) is 0. The molecule has 0 amide bonds. The predicted octanol–water partition coefficient (Wildman–Crippen LogP) is 0.251. The summed E-state index contributed by atoms with van der Waals surface area (Å²) in [5, 5.41) is 8.52. The van der Waals surface area contributed by atoms with Crippen LogP contribution in [0.3, 0.4) is 0 Å². The molecule has 0 aromatic carbocycles. The monoisotopic (exact) mass is 199 g/mol. The minimum atomic E-state index is 0.555. The van der Waals surface area contributed by atoms with Gasteiger partial charge in [0.2, 0.25) is 5.13 Å². The van der Waals surface area contributed by atoms with Crippen LogP contribution in [0.5, 0.6) is 0 Å². The molecule has 1 aliphatic heterocycles. The second-order valence-electron chi connectivity index (χ2n) is 3.21. The fourth-order valence-corrected chi connectivity index (χ4v) is 2.38. The normalized spacial score (nSPS) is 22.5. The number of nitrogens with zero attached hydrogens (tertiary/aromatic N) is 4. The molecular weight excluding hydrogens is 186 g/mol. The Balaban J connectivity index is 2.05. The lowest BCUT2D eigenvalue weighted by molar-refractivity contribution is 0.616. The number of anilines is 1. The third-order valence-corrected chi connectivity index (χ3v) is 3.05. The number of rotatable bonds is 3. The predicted molar refractivity (Wildman–Crippen MR) is 51.7 cm³/mol. The first-order chi connectivity index (χ1) is 6.42. The second kappa shape index (κ2) is 3.97. The summed E-state index contributed by atoms with van der Waals surface area (Å²) in [5.74, 6) is 0. The van der Waals surface area contributed by atoms with Gasteiger partial charge >= 0.3 is 0 Å². The number of hydrogen-bond acceptors (Lipinski definition) is 6. The van der Waals surface area contributed by atoms with E-state index in [1.807, 2.05) is 0 Å². The topological polar surface area (TPSA) is 67.9 Å². The van der Waals surface area contributed by atoms with Crippen LogP contribution in [0.2, 0.25) is 0 Å². The van der Waals surface area contributed by atoms with Crippen LogP contribution in [0, 0.1) is 0 Å². The van der Waals surface area contributed by atoms with Crippen molar-refractivity contribution in [2.75, 3.05) is 18.0 Å². The van der Waals surface area contributed by atoms with Gasteiger partial charge in [-0.25, -0.2) is 0 Å². The Bertz CT molecular complexity index is 249. The zero-order chi connectivity index (χ0) is 9.10. The van der Waals surface area contributed by atoms with E-state index in [9.17, 15) is 0 Å². The summed E-state index contributed by atoms with van der Waals surface area (Å²) in [6.45, 7) is 1.81. The van der Waals surface area contributed by atoms with Crippen molar-refractivity contribution >= 4 is 16.7 Å². The molecule has 1 aliphatic rings. The summed E-state index contributed by atoms with van der Waals surface area (Å²) in [5.41, 5.74) is 5.55. The van der Waals surface area contributed by atoms with Crippen LogP contribution in [0.25, 0.3) is 0 Å². The van der Waals surface area contributed by atoms with Crippen molar-refractivity contribution in [1.29, 1.82) is 0 Å². The summed E-state index contributed by atoms with van der Waals surface area (Å²) < 4.78 is 3.77. The summed E-state index contributed by atoms with van der Waals surface area (Å²) in [6.07, 6.45) is 3.49. The molecule has 1 unspecified atom stereocenters. The highest BCUT2D eigenvalue weighted by Crippen LogP contribution is 2.26. The summed E-state index contributed by atoms with van der Waals surface area (Å²) >= 11 is 1.36. The fourth-order valence-electron chi connectivity index (χ4n) is 1.82. The van der Waals surface area contributed by atoms with E-state index < -0.39 is 0 Å². The van der Waals surface area contributed by atoms with Gasteiger partial charge in [-0.15, -0.1) is 0 Å². The van der Waals surface area contributed by atoms with E-state index in [2.05, 4.69) is 19.7 Å². The first kappa shape index (κ1) is 8.83. The average molecular weight is 199 g/mol. The Kier molecular flexibility index (Phi) is 2.70. The van der Waals surface area contributed by atoms with Crippen LogP contribution in [-0.4, -0.2) is 33.9 Å². The molecule has 0 saturated carbocycles.